The molecule has 1 N–H and O–H groups in total. The van der Waals surface area contributed by atoms with Crippen LogP contribution < -0.4 is 10.1 Å². The van der Waals surface area contributed by atoms with Gasteiger partial charge in [-0.15, -0.1) is 0 Å². The van der Waals surface area contributed by atoms with Crippen LogP contribution in [0.1, 0.15) is 40.9 Å². The van der Waals surface area contributed by atoms with E-state index in [9.17, 15) is 9.18 Å². The Morgan fingerprint density at radius 3 is 2.48 bits per heavy atom. The predicted octanol–water partition coefficient (Wildman–Crippen LogP) is 5.56. The molecule has 0 saturated carbocycles. The third-order valence-electron chi connectivity index (χ3n) is 6.00. The van der Waals surface area contributed by atoms with E-state index in [1.54, 1.807) is 6.07 Å². The fourth-order valence-electron chi connectivity index (χ4n) is 4.16. The van der Waals surface area contributed by atoms with Gasteiger partial charge in [0.25, 0.3) is 0 Å². The number of nitrogens with one attached hydrogen (secondary N) is 1. The maximum Gasteiger partial charge on any atom is 0.209 e. The van der Waals surface area contributed by atoms with Gasteiger partial charge in [0.05, 0.1) is 5.41 Å². The molecule has 144 valence electrons. The Balaban J connectivity index is 1.54. The molecule has 0 amide bonds. The molecule has 0 radical (unpaired) electrons. The molecule has 0 saturated heterocycles. The van der Waals surface area contributed by atoms with Crippen molar-refractivity contribution < 1.29 is 13.9 Å². The molecule has 1 unspecified atom stereocenters. The summed E-state index contributed by atoms with van der Waals surface area (Å²) in [5.41, 5.74) is 2.87. The summed E-state index contributed by atoms with van der Waals surface area (Å²) in [7, 11) is 0. The molecule has 2 heterocycles. The van der Waals surface area contributed by atoms with Gasteiger partial charge in [0, 0.05) is 22.4 Å². The highest BCUT2D eigenvalue weighted by Gasteiger charge is 2.54. The topological polar surface area (TPSA) is 38.3 Å². The molecule has 0 fully saturated rings. The van der Waals surface area contributed by atoms with E-state index in [4.69, 9.17) is 4.74 Å². The summed E-state index contributed by atoms with van der Waals surface area (Å²) in [4.78, 5) is 12.9. The molecular weight excluding hydrogens is 365 g/mol. The van der Waals surface area contributed by atoms with Crippen LogP contribution in [-0.4, -0.2) is 11.5 Å². The maximum absolute atomic E-state index is 13.2. The molecule has 0 aliphatic carbocycles. The summed E-state index contributed by atoms with van der Waals surface area (Å²) in [6, 6.07) is 19.2. The van der Waals surface area contributed by atoms with Gasteiger partial charge in [-0.25, -0.2) is 4.39 Å². The Bertz CT molecular complexity index is 1160. The highest BCUT2D eigenvalue weighted by atomic mass is 19.1. The number of benzene rings is 3. The second-order valence-corrected chi connectivity index (χ2v) is 8.06. The molecule has 3 aromatic rings. The van der Waals surface area contributed by atoms with Gasteiger partial charge in [-0.3, -0.25) is 4.79 Å². The molecule has 3 nitrogen and oxygen atoms in total. The van der Waals surface area contributed by atoms with Crippen molar-refractivity contribution in [3.63, 3.8) is 0 Å². The van der Waals surface area contributed by atoms with Gasteiger partial charge in [0.15, 0.2) is 5.78 Å². The number of para-hydroxylation sites is 1. The Hall–Kier alpha value is -3.40. The molecule has 3 aromatic carbocycles. The normalized spacial score (nSPS) is 20.5. The number of carbonyl (C=O) groups is 1. The first-order chi connectivity index (χ1) is 13.9. The van der Waals surface area contributed by atoms with Crippen molar-refractivity contribution in [3.8, 4) is 5.75 Å². The van der Waals surface area contributed by atoms with E-state index in [0.717, 1.165) is 22.6 Å². The highest BCUT2D eigenvalue weighted by Crippen LogP contribution is 2.51. The van der Waals surface area contributed by atoms with Gasteiger partial charge in [-0.1, -0.05) is 18.2 Å². The zero-order chi connectivity index (χ0) is 20.2. The zero-order valence-corrected chi connectivity index (χ0v) is 16.2. The lowest BCUT2D eigenvalue weighted by Crippen LogP contribution is -2.53. The van der Waals surface area contributed by atoms with Gasteiger partial charge in [0.2, 0.25) is 5.72 Å². The van der Waals surface area contributed by atoms with Gasteiger partial charge >= 0.3 is 0 Å². The van der Waals surface area contributed by atoms with Crippen LogP contribution in [0.4, 0.5) is 10.1 Å². The summed E-state index contributed by atoms with van der Waals surface area (Å²) < 4.78 is 19.7. The van der Waals surface area contributed by atoms with Crippen molar-refractivity contribution >= 4 is 17.5 Å². The molecule has 2 aliphatic rings. The average molecular weight is 385 g/mol. The first-order valence-corrected chi connectivity index (χ1v) is 9.60. The smallest absolute Gasteiger partial charge is 0.209 e. The van der Waals surface area contributed by atoms with Gasteiger partial charge in [-0.05, 0) is 80.1 Å². The minimum absolute atomic E-state index is 0.130. The van der Waals surface area contributed by atoms with Crippen LogP contribution in [0.5, 0.6) is 5.75 Å². The number of halogens is 1. The van der Waals surface area contributed by atoms with Crippen molar-refractivity contribution in [1.29, 1.82) is 0 Å². The van der Waals surface area contributed by atoms with Crippen LogP contribution in [0.25, 0.3) is 6.08 Å². The lowest BCUT2D eigenvalue weighted by molar-refractivity contribution is 0.0822. The number of hydrogen-bond donors (Lipinski definition) is 1. The average Bonchev–Trinajstić information content (AvgIpc) is 2.94. The highest BCUT2D eigenvalue weighted by molar-refractivity contribution is 6.09. The molecule has 0 aromatic heterocycles. The van der Waals surface area contributed by atoms with Crippen LogP contribution in [0.15, 0.2) is 72.8 Å². The van der Waals surface area contributed by atoms with Gasteiger partial charge in [0.1, 0.15) is 11.6 Å². The number of carbonyl (C=O) groups excluding carboxylic acids is 1. The van der Waals surface area contributed by atoms with Gasteiger partial charge in [-0.2, -0.15) is 0 Å². The first kappa shape index (κ1) is 17.7. The summed E-state index contributed by atoms with van der Waals surface area (Å²) >= 11 is 0. The van der Waals surface area contributed by atoms with E-state index in [1.807, 2.05) is 36.4 Å². The number of rotatable bonds is 2. The van der Waals surface area contributed by atoms with Crippen LogP contribution in [0.2, 0.25) is 0 Å². The lowest BCUT2D eigenvalue weighted by atomic mass is 9.76. The van der Waals surface area contributed by atoms with E-state index < -0.39 is 11.1 Å². The van der Waals surface area contributed by atoms with Crippen LogP contribution in [-0.2, 0) is 5.41 Å². The Kier molecular flexibility index (Phi) is 3.69. The standard InChI is InChI=1S/C25H20FNO2/c1-24(2)20-15-18(23(28)17-7-10-19(26)11-8-17)9-12-21(20)27-25(24)14-13-16-5-3-4-6-22(16)29-25/h3-15,27H,1-2H3. The van der Waals surface area contributed by atoms with E-state index in [2.05, 4.69) is 31.3 Å². The molecular formula is C25H20FNO2. The van der Waals surface area contributed by atoms with Crippen molar-refractivity contribution in [3.05, 3.63) is 101 Å². The van der Waals surface area contributed by atoms with Crippen molar-refractivity contribution in [1.82, 2.24) is 0 Å². The first-order valence-electron chi connectivity index (χ1n) is 9.60. The van der Waals surface area contributed by atoms with Crippen LogP contribution in [0.3, 0.4) is 0 Å². The SMILES string of the molecule is CC1(C)c2cc(C(=O)c3ccc(F)cc3)ccc2NC12C=Cc1ccccc1O2. The molecule has 29 heavy (non-hydrogen) atoms. The van der Waals surface area contributed by atoms with Crippen LogP contribution in [0, 0.1) is 5.82 Å². The molecule has 0 bridgehead atoms. The number of hydrogen-bond acceptors (Lipinski definition) is 3. The largest absolute Gasteiger partial charge is 0.463 e. The summed E-state index contributed by atoms with van der Waals surface area (Å²) in [5.74, 6) is 0.338. The van der Waals surface area contributed by atoms with Gasteiger partial charge < -0.3 is 10.1 Å². The molecule has 2 aliphatic heterocycles. The fraction of sp³-hybridized carbons (Fsp3) is 0.160. The van der Waals surface area contributed by atoms with Crippen molar-refractivity contribution in [2.45, 2.75) is 25.0 Å². The summed E-state index contributed by atoms with van der Waals surface area (Å²) in [5, 5.41) is 3.52. The maximum atomic E-state index is 13.2. The van der Waals surface area contributed by atoms with Crippen molar-refractivity contribution in [2.24, 2.45) is 0 Å². The van der Waals surface area contributed by atoms with E-state index in [1.165, 1.54) is 24.3 Å². The lowest BCUT2D eigenvalue weighted by Gasteiger charge is -2.41. The Morgan fingerprint density at radius 2 is 1.69 bits per heavy atom. The monoisotopic (exact) mass is 385 g/mol. The third-order valence-corrected chi connectivity index (χ3v) is 6.00. The second kappa shape index (κ2) is 6.05. The second-order valence-electron chi connectivity index (χ2n) is 8.06. The minimum Gasteiger partial charge on any atom is -0.463 e. The van der Waals surface area contributed by atoms with E-state index >= 15 is 0 Å². The summed E-state index contributed by atoms with van der Waals surface area (Å²) in [6.07, 6.45) is 4.13. The Morgan fingerprint density at radius 1 is 0.966 bits per heavy atom. The van der Waals surface area contributed by atoms with E-state index in [-0.39, 0.29) is 11.6 Å². The molecule has 5 rings (SSSR count). The number of ketones is 1. The zero-order valence-electron chi connectivity index (χ0n) is 16.2. The number of fused-ring (bicyclic) bond motifs is 2. The fourth-order valence-corrected chi connectivity index (χ4v) is 4.16. The predicted molar refractivity (Wildman–Crippen MR) is 112 cm³/mol. The van der Waals surface area contributed by atoms with Crippen molar-refractivity contribution in [2.75, 3.05) is 5.32 Å². The number of ether oxygens (including phenoxy) is 1. The minimum atomic E-state index is -0.735. The van der Waals surface area contributed by atoms with E-state index in [0.29, 0.717) is 11.1 Å². The molecule has 1 atom stereocenters. The number of anilines is 1. The third kappa shape index (κ3) is 2.59. The van der Waals surface area contributed by atoms with Crippen LogP contribution >= 0.6 is 0 Å². The summed E-state index contributed by atoms with van der Waals surface area (Å²) in [6.45, 7) is 4.21. The Labute approximate surface area is 168 Å². The molecule has 4 heteroatoms. The quantitative estimate of drug-likeness (QED) is 0.587. The molecule has 1 spiro atoms.